The van der Waals surface area contributed by atoms with E-state index in [4.69, 9.17) is 9.47 Å². The molecule has 4 aromatic rings. The van der Waals surface area contributed by atoms with E-state index in [0.717, 1.165) is 21.5 Å². The highest BCUT2D eigenvalue weighted by molar-refractivity contribution is 7.90. The summed E-state index contributed by atoms with van der Waals surface area (Å²) in [5.41, 5.74) is 0. The van der Waals surface area contributed by atoms with Crippen LogP contribution < -0.4 is 14.2 Å². The fourth-order valence-electron chi connectivity index (χ4n) is 3.14. The van der Waals surface area contributed by atoms with Crippen molar-refractivity contribution in [1.29, 1.82) is 0 Å². The SMILES string of the molecule is COc1ccc2ccc(OCC(=O)NS(=O)(=O)c3ccc4ccccc4c3)cc2c1. The molecule has 0 aliphatic carbocycles. The Hall–Kier alpha value is -3.58. The molecule has 4 aromatic carbocycles. The number of ether oxygens (including phenoxy) is 2. The standard InChI is InChI=1S/C23H19NO5S/c1-28-20-9-6-17-7-10-21(13-19(17)12-20)29-15-23(25)24-30(26,27)22-11-8-16-4-2-3-5-18(16)14-22/h2-14H,15H2,1H3,(H,24,25). The van der Waals surface area contributed by atoms with Crippen molar-refractivity contribution >= 4 is 37.5 Å². The highest BCUT2D eigenvalue weighted by Crippen LogP contribution is 2.25. The zero-order chi connectivity index (χ0) is 21.1. The molecule has 152 valence electrons. The number of carbonyl (C=O) groups excluding carboxylic acids is 1. The van der Waals surface area contributed by atoms with Gasteiger partial charge >= 0.3 is 0 Å². The van der Waals surface area contributed by atoms with Gasteiger partial charge in [0, 0.05) is 0 Å². The van der Waals surface area contributed by atoms with Gasteiger partial charge in [0.25, 0.3) is 15.9 Å². The van der Waals surface area contributed by atoms with Crippen LogP contribution in [-0.2, 0) is 14.8 Å². The van der Waals surface area contributed by atoms with Crippen LogP contribution in [0.5, 0.6) is 11.5 Å². The summed E-state index contributed by atoms with van der Waals surface area (Å²) < 4.78 is 37.8. The second-order valence-corrected chi connectivity index (χ2v) is 8.38. The summed E-state index contributed by atoms with van der Waals surface area (Å²) in [5.74, 6) is 0.404. The van der Waals surface area contributed by atoms with Gasteiger partial charge in [-0.25, -0.2) is 13.1 Å². The number of fused-ring (bicyclic) bond motifs is 2. The molecule has 1 amide bonds. The zero-order valence-electron chi connectivity index (χ0n) is 16.2. The van der Waals surface area contributed by atoms with E-state index in [0.29, 0.717) is 11.5 Å². The molecule has 0 saturated heterocycles. The molecule has 7 heteroatoms. The maximum atomic E-state index is 12.5. The molecule has 1 N–H and O–H groups in total. The molecule has 0 atom stereocenters. The zero-order valence-corrected chi connectivity index (χ0v) is 17.0. The fourth-order valence-corrected chi connectivity index (χ4v) is 4.15. The first-order valence-corrected chi connectivity index (χ1v) is 10.7. The second-order valence-electron chi connectivity index (χ2n) is 6.70. The molecule has 0 radical (unpaired) electrons. The summed E-state index contributed by atoms with van der Waals surface area (Å²) >= 11 is 0. The first-order chi connectivity index (χ1) is 14.4. The van der Waals surface area contributed by atoms with Crippen molar-refractivity contribution in [2.24, 2.45) is 0 Å². The minimum Gasteiger partial charge on any atom is -0.497 e. The van der Waals surface area contributed by atoms with Crippen molar-refractivity contribution in [3.63, 3.8) is 0 Å². The quantitative estimate of drug-likeness (QED) is 0.511. The van der Waals surface area contributed by atoms with Crippen molar-refractivity contribution in [2.45, 2.75) is 4.90 Å². The maximum absolute atomic E-state index is 12.5. The smallest absolute Gasteiger partial charge is 0.271 e. The Morgan fingerprint density at radius 2 is 1.43 bits per heavy atom. The summed E-state index contributed by atoms with van der Waals surface area (Å²) in [7, 11) is -2.41. The number of carbonyl (C=O) groups is 1. The highest BCUT2D eigenvalue weighted by atomic mass is 32.2. The third-order valence-electron chi connectivity index (χ3n) is 4.67. The Bertz CT molecular complexity index is 1350. The molecule has 0 spiro atoms. The van der Waals surface area contributed by atoms with Crippen LogP contribution in [-0.4, -0.2) is 28.0 Å². The molecule has 0 bridgehead atoms. The number of methoxy groups -OCH3 is 1. The van der Waals surface area contributed by atoms with E-state index in [1.165, 1.54) is 12.1 Å². The van der Waals surface area contributed by atoms with Crippen LogP contribution >= 0.6 is 0 Å². The Kier molecular flexibility index (Phi) is 5.29. The number of sulfonamides is 1. The van der Waals surface area contributed by atoms with Crippen LogP contribution in [0.2, 0.25) is 0 Å². The van der Waals surface area contributed by atoms with Crippen molar-refractivity contribution in [2.75, 3.05) is 13.7 Å². The number of hydrogen-bond acceptors (Lipinski definition) is 5. The van der Waals surface area contributed by atoms with Crippen molar-refractivity contribution in [3.05, 3.63) is 78.9 Å². The van der Waals surface area contributed by atoms with Gasteiger partial charge in [0.2, 0.25) is 0 Å². The topological polar surface area (TPSA) is 81.7 Å². The minimum atomic E-state index is -4.00. The molecule has 0 aromatic heterocycles. The third-order valence-corrected chi connectivity index (χ3v) is 6.04. The van der Waals surface area contributed by atoms with E-state index in [2.05, 4.69) is 4.72 Å². The molecular formula is C23H19NO5S. The van der Waals surface area contributed by atoms with Gasteiger partial charge < -0.3 is 9.47 Å². The molecule has 0 fully saturated rings. The van der Waals surface area contributed by atoms with Gasteiger partial charge in [-0.05, 0) is 57.9 Å². The van der Waals surface area contributed by atoms with Gasteiger partial charge in [0.05, 0.1) is 12.0 Å². The number of hydrogen-bond donors (Lipinski definition) is 1. The van der Waals surface area contributed by atoms with E-state index in [9.17, 15) is 13.2 Å². The van der Waals surface area contributed by atoms with Gasteiger partial charge in [0.15, 0.2) is 6.61 Å². The Labute approximate surface area is 174 Å². The lowest BCUT2D eigenvalue weighted by Crippen LogP contribution is -2.34. The molecule has 6 nitrogen and oxygen atoms in total. The van der Waals surface area contributed by atoms with E-state index in [1.807, 2.05) is 48.5 Å². The van der Waals surface area contributed by atoms with Crippen molar-refractivity contribution in [1.82, 2.24) is 4.72 Å². The maximum Gasteiger partial charge on any atom is 0.271 e. The van der Waals surface area contributed by atoms with Gasteiger partial charge in [-0.15, -0.1) is 0 Å². The largest absolute Gasteiger partial charge is 0.497 e. The predicted molar refractivity (Wildman–Crippen MR) is 115 cm³/mol. The van der Waals surface area contributed by atoms with Gasteiger partial charge in [0.1, 0.15) is 11.5 Å². The van der Waals surface area contributed by atoms with Crippen LogP contribution in [0.25, 0.3) is 21.5 Å². The molecule has 0 heterocycles. The summed E-state index contributed by atoms with van der Waals surface area (Å²) in [4.78, 5) is 12.2. The number of amides is 1. The Morgan fingerprint density at radius 1 is 0.800 bits per heavy atom. The predicted octanol–water partition coefficient (Wildman–Crippen LogP) is 3.89. The molecule has 0 aliphatic heterocycles. The lowest BCUT2D eigenvalue weighted by molar-refractivity contribution is -0.121. The normalized spacial score (nSPS) is 11.4. The summed E-state index contributed by atoms with van der Waals surface area (Å²) in [6, 6.07) is 23.1. The summed E-state index contributed by atoms with van der Waals surface area (Å²) in [6.45, 7) is -0.428. The Morgan fingerprint density at radius 3 is 2.20 bits per heavy atom. The van der Waals surface area contributed by atoms with Crippen molar-refractivity contribution in [3.8, 4) is 11.5 Å². The molecule has 0 unspecified atom stereocenters. The number of rotatable bonds is 6. The van der Waals surface area contributed by atoms with Gasteiger partial charge in [-0.2, -0.15) is 0 Å². The van der Waals surface area contributed by atoms with Crippen molar-refractivity contribution < 1.29 is 22.7 Å². The lowest BCUT2D eigenvalue weighted by atomic mass is 10.1. The number of benzene rings is 4. The number of nitrogens with one attached hydrogen (secondary N) is 1. The Balaban J connectivity index is 1.45. The van der Waals surface area contributed by atoms with Crippen LogP contribution in [0, 0.1) is 0 Å². The van der Waals surface area contributed by atoms with Crippen LogP contribution in [0.15, 0.2) is 83.8 Å². The monoisotopic (exact) mass is 421 g/mol. The van der Waals surface area contributed by atoms with Crippen LogP contribution in [0.3, 0.4) is 0 Å². The molecule has 0 aliphatic rings. The molecule has 30 heavy (non-hydrogen) atoms. The first-order valence-electron chi connectivity index (χ1n) is 9.20. The van der Waals surface area contributed by atoms with E-state index in [-0.39, 0.29) is 4.90 Å². The minimum absolute atomic E-state index is 0.0207. The summed E-state index contributed by atoms with van der Waals surface area (Å²) in [6.07, 6.45) is 0. The summed E-state index contributed by atoms with van der Waals surface area (Å²) in [5, 5.41) is 3.57. The van der Waals surface area contributed by atoms with E-state index >= 15 is 0 Å². The second kappa shape index (κ2) is 8.04. The van der Waals surface area contributed by atoms with Gasteiger partial charge in [-0.1, -0.05) is 42.5 Å². The van der Waals surface area contributed by atoms with Crippen LogP contribution in [0.4, 0.5) is 0 Å². The molecular weight excluding hydrogens is 402 g/mol. The third kappa shape index (κ3) is 4.21. The van der Waals surface area contributed by atoms with E-state index in [1.54, 1.807) is 25.3 Å². The highest BCUT2D eigenvalue weighted by Gasteiger charge is 2.18. The fraction of sp³-hybridized carbons (Fsp3) is 0.0870. The van der Waals surface area contributed by atoms with Gasteiger partial charge in [-0.3, -0.25) is 4.79 Å². The van der Waals surface area contributed by atoms with E-state index < -0.39 is 22.5 Å². The average molecular weight is 421 g/mol. The molecule has 0 saturated carbocycles. The first kappa shape index (κ1) is 19.7. The average Bonchev–Trinajstić information content (AvgIpc) is 2.76. The lowest BCUT2D eigenvalue weighted by Gasteiger charge is -2.10. The molecule has 4 rings (SSSR count). The van der Waals surface area contributed by atoms with Crippen LogP contribution in [0.1, 0.15) is 0 Å².